The van der Waals surface area contributed by atoms with Gasteiger partial charge < -0.3 is 10.2 Å². The molecule has 0 unspecified atom stereocenters. The number of carbonyl (C=O) groups is 1. The van der Waals surface area contributed by atoms with Crippen LogP contribution in [0.5, 0.6) is 0 Å². The maximum atomic E-state index is 13.6. The molecule has 0 spiro atoms. The standard InChI is InChI=1S/C20H19FN4O/c1-25(16-8-3-2-4-9-16)19-14-23-18(13-24-19)20(26)22-12-11-15-7-5-6-10-17(15)21/h2-10,13-14H,11-12H2,1H3,(H,22,26). The Hall–Kier alpha value is -3.28. The number of anilines is 2. The molecule has 132 valence electrons. The van der Waals surface area contributed by atoms with Crippen LogP contribution in [0.25, 0.3) is 0 Å². The van der Waals surface area contributed by atoms with Crippen molar-refractivity contribution in [1.29, 1.82) is 0 Å². The molecule has 1 N–H and O–H groups in total. The van der Waals surface area contributed by atoms with Crippen molar-refractivity contribution >= 4 is 17.4 Å². The Kier molecular flexibility index (Phi) is 5.53. The number of aromatic nitrogens is 2. The summed E-state index contributed by atoms with van der Waals surface area (Å²) in [6.45, 7) is 0.327. The third kappa shape index (κ3) is 4.22. The number of para-hydroxylation sites is 1. The lowest BCUT2D eigenvalue weighted by Crippen LogP contribution is -2.27. The minimum Gasteiger partial charge on any atom is -0.350 e. The number of rotatable bonds is 6. The zero-order chi connectivity index (χ0) is 18.4. The summed E-state index contributed by atoms with van der Waals surface area (Å²) >= 11 is 0. The monoisotopic (exact) mass is 350 g/mol. The van der Waals surface area contributed by atoms with Crippen molar-refractivity contribution in [1.82, 2.24) is 15.3 Å². The van der Waals surface area contributed by atoms with Gasteiger partial charge in [0.05, 0.1) is 12.4 Å². The molecule has 0 aliphatic rings. The molecule has 0 fully saturated rings. The highest BCUT2D eigenvalue weighted by Crippen LogP contribution is 2.19. The zero-order valence-electron chi connectivity index (χ0n) is 14.4. The van der Waals surface area contributed by atoms with Gasteiger partial charge in [-0.1, -0.05) is 36.4 Å². The van der Waals surface area contributed by atoms with Gasteiger partial charge in [0.1, 0.15) is 11.5 Å². The van der Waals surface area contributed by atoms with Crippen molar-refractivity contribution in [2.24, 2.45) is 0 Å². The van der Waals surface area contributed by atoms with Crippen LogP contribution in [0.3, 0.4) is 0 Å². The molecule has 0 bridgehead atoms. The molecular weight excluding hydrogens is 331 g/mol. The Morgan fingerprint density at radius 1 is 1.04 bits per heavy atom. The van der Waals surface area contributed by atoms with Gasteiger partial charge in [-0.15, -0.1) is 0 Å². The number of amides is 1. The minimum absolute atomic E-state index is 0.226. The van der Waals surface area contributed by atoms with Gasteiger partial charge >= 0.3 is 0 Å². The first-order valence-electron chi connectivity index (χ1n) is 8.27. The van der Waals surface area contributed by atoms with Gasteiger partial charge in [0.15, 0.2) is 5.82 Å². The van der Waals surface area contributed by atoms with E-state index in [1.165, 1.54) is 12.3 Å². The fraction of sp³-hybridized carbons (Fsp3) is 0.150. The Labute approximate surface area is 151 Å². The molecule has 26 heavy (non-hydrogen) atoms. The molecule has 5 nitrogen and oxygen atoms in total. The molecule has 6 heteroatoms. The zero-order valence-corrected chi connectivity index (χ0v) is 14.4. The van der Waals surface area contributed by atoms with E-state index in [-0.39, 0.29) is 17.4 Å². The molecule has 0 saturated carbocycles. The number of hydrogen-bond acceptors (Lipinski definition) is 4. The first-order chi connectivity index (χ1) is 12.6. The normalized spacial score (nSPS) is 10.4. The fourth-order valence-corrected chi connectivity index (χ4v) is 2.50. The molecule has 0 radical (unpaired) electrons. The van der Waals surface area contributed by atoms with E-state index in [9.17, 15) is 9.18 Å². The van der Waals surface area contributed by atoms with E-state index in [4.69, 9.17) is 0 Å². The predicted molar refractivity (Wildman–Crippen MR) is 99.0 cm³/mol. The second-order valence-electron chi connectivity index (χ2n) is 5.75. The molecule has 1 heterocycles. The Morgan fingerprint density at radius 3 is 2.46 bits per heavy atom. The number of carbonyl (C=O) groups excluding carboxylic acids is 1. The van der Waals surface area contributed by atoms with Crippen LogP contribution in [0, 0.1) is 5.82 Å². The first-order valence-corrected chi connectivity index (χ1v) is 8.27. The average Bonchev–Trinajstić information content (AvgIpc) is 2.69. The second kappa shape index (κ2) is 8.20. The summed E-state index contributed by atoms with van der Waals surface area (Å²) < 4.78 is 13.6. The second-order valence-corrected chi connectivity index (χ2v) is 5.75. The molecule has 2 aromatic carbocycles. The fourth-order valence-electron chi connectivity index (χ4n) is 2.50. The van der Waals surface area contributed by atoms with E-state index >= 15 is 0 Å². The lowest BCUT2D eigenvalue weighted by atomic mass is 10.1. The van der Waals surface area contributed by atoms with Gasteiger partial charge in [0.2, 0.25) is 0 Å². The van der Waals surface area contributed by atoms with Crippen LogP contribution in [-0.2, 0) is 6.42 Å². The van der Waals surface area contributed by atoms with Crippen molar-refractivity contribution in [3.8, 4) is 0 Å². The van der Waals surface area contributed by atoms with Crippen molar-refractivity contribution in [3.63, 3.8) is 0 Å². The maximum Gasteiger partial charge on any atom is 0.271 e. The van der Waals surface area contributed by atoms with Crippen LogP contribution in [0.4, 0.5) is 15.9 Å². The third-order valence-electron chi connectivity index (χ3n) is 4.00. The molecule has 0 aliphatic heterocycles. The topological polar surface area (TPSA) is 58.1 Å². The van der Waals surface area contributed by atoms with Crippen LogP contribution >= 0.6 is 0 Å². The van der Waals surface area contributed by atoms with Crippen LogP contribution in [-0.4, -0.2) is 29.5 Å². The molecule has 1 amide bonds. The van der Waals surface area contributed by atoms with E-state index in [2.05, 4.69) is 15.3 Å². The molecule has 0 atom stereocenters. The predicted octanol–water partition coefficient (Wildman–Crippen LogP) is 3.36. The molecular formula is C20H19FN4O. The van der Waals surface area contributed by atoms with E-state index in [1.54, 1.807) is 24.4 Å². The van der Waals surface area contributed by atoms with Gasteiger partial charge in [-0.05, 0) is 30.2 Å². The molecule has 0 saturated heterocycles. The molecule has 0 aliphatic carbocycles. The SMILES string of the molecule is CN(c1ccccc1)c1cnc(C(=O)NCCc2ccccc2F)cn1. The quantitative estimate of drug-likeness (QED) is 0.741. The highest BCUT2D eigenvalue weighted by Gasteiger charge is 2.10. The first kappa shape index (κ1) is 17.5. The van der Waals surface area contributed by atoms with Crippen LogP contribution in [0.15, 0.2) is 67.0 Å². The van der Waals surface area contributed by atoms with Gasteiger partial charge in [-0.2, -0.15) is 0 Å². The lowest BCUT2D eigenvalue weighted by molar-refractivity contribution is 0.0948. The van der Waals surface area contributed by atoms with Crippen molar-refractivity contribution in [3.05, 3.63) is 84.1 Å². The summed E-state index contributed by atoms with van der Waals surface area (Å²) in [5.74, 6) is 0.0386. The summed E-state index contributed by atoms with van der Waals surface area (Å²) in [5, 5.41) is 2.73. The number of nitrogens with zero attached hydrogens (tertiary/aromatic N) is 3. The number of halogens is 1. The van der Waals surface area contributed by atoms with Crippen molar-refractivity contribution < 1.29 is 9.18 Å². The third-order valence-corrected chi connectivity index (χ3v) is 4.00. The summed E-state index contributed by atoms with van der Waals surface area (Å²) in [7, 11) is 1.88. The Bertz CT molecular complexity index is 868. The highest BCUT2D eigenvalue weighted by atomic mass is 19.1. The van der Waals surface area contributed by atoms with Gasteiger partial charge in [0, 0.05) is 19.3 Å². The maximum absolute atomic E-state index is 13.6. The summed E-state index contributed by atoms with van der Waals surface area (Å²) in [5.41, 5.74) is 1.77. The summed E-state index contributed by atoms with van der Waals surface area (Å²) in [4.78, 5) is 22.5. The van der Waals surface area contributed by atoms with Gasteiger partial charge in [0.25, 0.3) is 5.91 Å². The number of nitrogens with one attached hydrogen (secondary N) is 1. The number of benzene rings is 2. The smallest absolute Gasteiger partial charge is 0.271 e. The van der Waals surface area contributed by atoms with Crippen LogP contribution < -0.4 is 10.2 Å². The Morgan fingerprint density at radius 2 is 1.77 bits per heavy atom. The molecule has 1 aromatic heterocycles. The van der Waals surface area contributed by atoms with E-state index < -0.39 is 0 Å². The summed E-state index contributed by atoms with van der Waals surface area (Å²) in [6.07, 6.45) is 3.41. The van der Waals surface area contributed by atoms with E-state index in [1.807, 2.05) is 42.3 Å². The number of hydrogen-bond donors (Lipinski definition) is 1. The van der Waals surface area contributed by atoms with Gasteiger partial charge in [-0.3, -0.25) is 4.79 Å². The van der Waals surface area contributed by atoms with Crippen LogP contribution in [0.2, 0.25) is 0 Å². The average molecular weight is 350 g/mol. The molecule has 3 rings (SSSR count). The van der Waals surface area contributed by atoms with Crippen molar-refractivity contribution in [2.45, 2.75) is 6.42 Å². The van der Waals surface area contributed by atoms with Crippen molar-refractivity contribution in [2.75, 3.05) is 18.5 Å². The van der Waals surface area contributed by atoms with E-state index in [0.717, 1.165) is 5.69 Å². The van der Waals surface area contributed by atoms with E-state index in [0.29, 0.717) is 24.3 Å². The minimum atomic E-state index is -0.331. The molecule has 3 aromatic rings. The Balaban J connectivity index is 1.58. The van der Waals surface area contributed by atoms with Crippen LogP contribution in [0.1, 0.15) is 16.1 Å². The highest BCUT2D eigenvalue weighted by molar-refractivity contribution is 5.92. The largest absolute Gasteiger partial charge is 0.350 e. The lowest BCUT2D eigenvalue weighted by Gasteiger charge is -2.17. The summed E-state index contributed by atoms with van der Waals surface area (Å²) in [6, 6.07) is 16.3. The van der Waals surface area contributed by atoms with Gasteiger partial charge in [-0.25, -0.2) is 14.4 Å².